The minimum absolute atomic E-state index is 0.0957. The lowest BCUT2D eigenvalue weighted by molar-refractivity contribution is -0.134. The van der Waals surface area contributed by atoms with Crippen molar-refractivity contribution in [1.29, 1.82) is 0 Å². The standard InChI is InChI=1S/C28H29N5O6/c1-17(34)33-13-2-3-23(33)26(36)31-22-8-4-18(5-9-22)24-15-29-27(39-24)19-6-10-21(11-7-19)30-25(35)20-12-14-32(16-20)28(37)38/h4-11,15,20,23H,2-3,12-14,16H2,1H3,(H,30,35)(H,31,36)(H,37,38)/t20?,23-/m1/s1. The van der Waals surface area contributed by atoms with Crippen LogP contribution in [0.4, 0.5) is 16.2 Å². The van der Waals surface area contributed by atoms with E-state index in [0.29, 0.717) is 49.0 Å². The second kappa shape index (κ2) is 11.0. The quantitative estimate of drug-likeness (QED) is 0.437. The fourth-order valence-corrected chi connectivity index (χ4v) is 4.99. The first kappa shape index (κ1) is 26.0. The summed E-state index contributed by atoms with van der Waals surface area (Å²) in [5, 5.41) is 14.8. The molecule has 2 atom stereocenters. The molecule has 3 aromatic rings. The monoisotopic (exact) mass is 531 g/mol. The largest absolute Gasteiger partial charge is 0.465 e. The van der Waals surface area contributed by atoms with Crippen LogP contribution in [0.1, 0.15) is 26.2 Å². The topological polar surface area (TPSA) is 145 Å². The van der Waals surface area contributed by atoms with Gasteiger partial charge in [0, 0.05) is 49.1 Å². The van der Waals surface area contributed by atoms with Crippen molar-refractivity contribution in [3.05, 3.63) is 54.7 Å². The summed E-state index contributed by atoms with van der Waals surface area (Å²) < 4.78 is 5.94. The lowest BCUT2D eigenvalue weighted by Gasteiger charge is -2.22. The van der Waals surface area contributed by atoms with Crippen LogP contribution in [-0.2, 0) is 14.4 Å². The molecule has 202 valence electrons. The summed E-state index contributed by atoms with van der Waals surface area (Å²) in [5.74, 6) is 0.113. The zero-order valence-corrected chi connectivity index (χ0v) is 21.4. The van der Waals surface area contributed by atoms with Crippen LogP contribution in [-0.4, -0.2) is 69.4 Å². The molecule has 2 saturated heterocycles. The van der Waals surface area contributed by atoms with Gasteiger partial charge in [-0.15, -0.1) is 0 Å². The highest BCUT2D eigenvalue weighted by molar-refractivity contribution is 5.97. The van der Waals surface area contributed by atoms with Crippen LogP contribution in [0.25, 0.3) is 22.8 Å². The number of aromatic nitrogens is 1. The Morgan fingerprint density at radius 1 is 0.897 bits per heavy atom. The summed E-state index contributed by atoms with van der Waals surface area (Å²) in [6.45, 7) is 2.64. The normalized spacial score (nSPS) is 18.7. The van der Waals surface area contributed by atoms with Crippen molar-refractivity contribution < 1.29 is 28.7 Å². The van der Waals surface area contributed by atoms with Crippen LogP contribution in [0.3, 0.4) is 0 Å². The number of nitrogens with zero attached hydrogens (tertiary/aromatic N) is 3. The molecule has 0 bridgehead atoms. The van der Waals surface area contributed by atoms with Gasteiger partial charge in [0.2, 0.25) is 23.6 Å². The average molecular weight is 532 g/mol. The molecule has 4 amide bonds. The average Bonchev–Trinajstić information content (AvgIpc) is 3.70. The van der Waals surface area contributed by atoms with Crippen LogP contribution in [0.15, 0.2) is 59.1 Å². The first-order valence-corrected chi connectivity index (χ1v) is 12.8. The molecule has 0 spiro atoms. The van der Waals surface area contributed by atoms with Gasteiger partial charge in [0.05, 0.1) is 12.1 Å². The number of carbonyl (C=O) groups is 4. The van der Waals surface area contributed by atoms with Gasteiger partial charge in [-0.1, -0.05) is 0 Å². The summed E-state index contributed by atoms with van der Waals surface area (Å²) in [6.07, 6.45) is 2.58. The fraction of sp³-hybridized carbons (Fsp3) is 0.321. The van der Waals surface area contributed by atoms with Crippen LogP contribution in [0, 0.1) is 5.92 Å². The second-order valence-corrected chi connectivity index (χ2v) is 9.75. The lowest BCUT2D eigenvalue weighted by Crippen LogP contribution is -2.42. The molecule has 39 heavy (non-hydrogen) atoms. The molecule has 1 unspecified atom stereocenters. The number of likely N-dealkylation sites (tertiary alicyclic amines) is 2. The van der Waals surface area contributed by atoms with Gasteiger partial charge in [0.1, 0.15) is 6.04 Å². The summed E-state index contributed by atoms with van der Waals surface area (Å²) in [4.78, 5) is 55.2. The van der Waals surface area contributed by atoms with E-state index in [4.69, 9.17) is 9.52 Å². The Kier molecular flexibility index (Phi) is 7.31. The zero-order chi connectivity index (χ0) is 27.5. The second-order valence-electron chi connectivity index (χ2n) is 9.75. The molecule has 5 rings (SSSR count). The Balaban J connectivity index is 1.18. The fourth-order valence-electron chi connectivity index (χ4n) is 4.99. The van der Waals surface area contributed by atoms with E-state index in [9.17, 15) is 19.2 Å². The summed E-state index contributed by atoms with van der Waals surface area (Å²) in [6, 6.07) is 13.8. The number of hydrogen-bond acceptors (Lipinski definition) is 6. The number of amides is 4. The third-order valence-electron chi connectivity index (χ3n) is 7.13. The van der Waals surface area contributed by atoms with E-state index < -0.39 is 12.1 Å². The van der Waals surface area contributed by atoms with Crippen molar-refractivity contribution >= 4 is 35.2 Å². The predicted molar refractivity (Wildman–Crippen MR) is 143 cm³/mol. The van der Waals surface area contributed by atoms with Crippen molar-refractivity contribution in [2.75, 3.05) is 30.3 Å². The van der Waals surface area contributed by atoms with Gasteiger partial charge < -0.3 is 30.0 Å². The summed E-state index contributed by atoms with van der Waals surface area (Å²) in [5.41, 5.74) is 2.75. The molecule has 2 aliphatic heterocycles. The number of nitrogens with one attached hydrogen (secondary N) is 2. The molecule has 3 N–H and O–H groups in total. The zero-order valence-electron chi connectivity index (χ0n) is 21.4. The highest BCUT2D eigenvalue weighted by Gasteiger charge is 2.32. The van der Waals surface area contributed by atoms with Gasteiger partial charge in [-0.05, 0) is 67.8 Å². The van der Waals surface area contributed by atoms with E-state index in [0.717, 1.165) is 17.5 Å². The minimum Gasteiger partial charge on any atom is -0.465 e. The molecule has 2 aliphatic rings. The smallest absolute Gasteiger partial charge is 0.407 e. The van der Waals surface area contributed by atoms with E-state index in [2.05, 4.69) is 15.6 Å². The van der Waals surface area contributed by atoms with Crippen molar-refractivity contribution in [1.82, 2.24) is 14.8 Å². The molecule has 3 heterocycles. The van der Waals surface area contributed by atoms with Gasteiger partial charge in [0.25, 0.3) is 0 Å². The SMILES string of the molecule is CC(=O)N1CCC[C@@H]1C(=O)Nc1ccc(-c2cnc(-c3ccc(NC(=O)C4CCN(C(=O)O)C4)cc3)o2)cc1. The van der Waals surface area contributed by atoms with Crippen LogP contribution in [0.2, 0.25) is 0 Å². The summed E-state index contributed by atoms with van der Waals surface area (Å²) in [7, 11) is 0. The van der Waals surface area contributed by atoms with Crippen LogP contribution < -0.4 is 10.6 Å². The number of benzene rings is 2. The molecule has 2 fully saturated rings. The van der Waals surface area contributed by atoms with Crippen molar-refractivity contribution in [3.8, 4) is 22.8 Å². The lowest BCUT2D eigenvalue weighted by atomic mass is 10.1. The molecule has 1 aromatic heterocycles. The van der Waals surface area contributed by atoms with Crippen molar-refractivity contribution in [2.24, 2.45) is 5.92 Å². The van der Waals surface area contributed by atoms with Crippen LogP contribution >= 0.6 is 0 Å². The maximum atomic E-state index is 12.7. The molecule has 0 aliphatic carbocycles. The van der Waals surface area contributed by atoms with Gasteiger partial charge in [-0.3, -0.25) is 14.4 Å². The predicted octanol–water partition coefficient (Wildman–Crippen LogP) is 3.90. The number of carboxylic acid groups (broad SMARTS) is 1. The van der Waals surface area contributed by atoms with Gasteiger partial charge in [-0.25, -0.2) is 9.78 Å². The van der Waals surface area contributed by atoms with E-state index in [1.165, 1.54) is 11.8 Å². The highest BCUT2D eigenvalue weighted by Crippen LogP contribution is 2.28. The number of oxazole rings is 1. The van der Waals surface area contributed by atoms with E-state index >= 15 is 0 Å². The number of hydrogen-bond donors (Lipinski definition) is 3. The van der Waals surface area contributed by atoms with Gasteiger partial charge in [-0.2, -0.15) is 0 Å². The van der Waals surface area contributed by atoms with E-state index in [1.54, 1.807) is 47.5 Å². The molecule has 2 aromatic carbocycles. The molecule has 11 heteroatoms. The molecular formula is C28H29N5O6. The summed E-state index contributed by atoms with van der Waals surface area (Å²) >= 11 is 0. The first-order valence-electron chi connectivity index (χ1n) is 12.8. The minimum atomic E-state index is -1.01. The molecule has 0 radical (unpaired) electrons. The maximum absolute atomic E-state index is 12.7. The Hall–Kier alpha value is -4.67. The number of anilines is 2. The van der Waals surface area contributed by atoms with Gasteiger partial charge in [0.15, 0.2) is 5.76 Å². The van der Waals surface area contributed by atoms with Crippen molar-refractivity contribution in [2.45, 2.75) is 32.2 Å². The van der Waals surface area contributed by atoms with E-state index in [1.807, 2.05) is 12.1 Å². The first-order chi connectivity index (χ1) is 18.8. The van der Waals surface area contributed by atoms with Crippen LogP contribution in [0.5, 0.6) is 0 Å². The third kappa shape index (κ3) is 5.77. The Morgan fingerprint density at radius 3 is 2.15 bits per heavy atom. The number of carbonyl (C=O) groups excluding carboxylic acids is 3. The molecule has 11 nitrogen and oxygen atoms in total. The van der Waals surface area contributed by atoms with E-state index in [-0.39, 0.29) is 30.2 Å². The maximum Gasteiger partial charge on any atom is 0.407 e. The Bertz CT molecular complexity index is 1380. The number of rotatable bonds is 6. The highest BCUT2D eigenvalue weighted by atomic mass is 16.4. The van der Waals surface area contributed by atoms with Crippen molar-refractivity contribution in [3.63, 3.8) is 0 Å². The molecular weight excluding hydrogens is 502 g/mol. The molecule has 0 saturated carbocycles. The Labute approximate surface area is 224 Å². The third-order valence-corrected chi connectivity index (χ3v) is 7.13. The Morgan fingerprint density at radius 2 is 1.54 bits per heavy atom. The van der Waals surface area contributed by atoms with Gasteiger partial charge >= 0.3 is 6.09 Å².